The molecule has 122 valence electrons. The summed E-state index contributed by atoms with van der Waals surface area (Å²) >= 11 is 0. The summed E-state index contributed by atoms with van der Waals surface area (Å²) in [6.07, 6.45) is 0.286. The highest BCUT2D eigenvalue weighted by Crippen LogP contribution is 2.16. The third-order valence-electron chi connectivity index (χ3n) is 4.30. The van der Waals surface area contributed by atoms with Gasteiger partial charge in [0.2, 0.25) is 5.91 Å². The number of carbonyl (C=O) groups excluding carboxylic acids is 1. The normalized spacial score (nSPS) is 27.6. The molecular formula is C14H27N3O3S. The van der Waals surface area contributed by atoms with Crippen molar-refractivity contribution < 1.29 is 13.2 Å². The molecule has 0 aromatic rings. The molecule has 1 atom stereocenters. The SMILES string of the molecule is CC(C)(C)N1CCN(C(=O)CC2CS(=O)(=O)CCN2)CC1. The summed E-state index contributed by atoms with van der Waals surface area (Å²) in [5.74, 6) is 0.334. The minimum absolute atomic E-state index is 0.0677. The lowest BCUT2D eigenvalue weighted by atomic mass is 10.0. The fourth-order valence-corrected chi connectivity index (χ4v) is 4.41. The van der Waals surface area contributed by atoms with E-state index in [0.717, 1.165) is 26.2 Å². The van der Waals surface area contributed by atoms with Crippen LogP contribution in [0.4, 0.5) is 0 Å². The van der Waals surface area contributed by atoms with E-state index >= 15 is 0 Å². The van der Waals surface area contributed by atoms with Crippen molar-refractivity contribution in [1.29, 1.82) is 0 Å². The largest absolute Gasteiger partial charge is 0.340 e. The van der Waals surface area contributed by atoms with Gasteiger partial charge in [-0.3, -0.25) is 9.69 Å². The number of amides is 1. The number of nitrogens with one attached hydrogen (secondary N) is 1. The molecule has 2 saturated heterocycles. The Morgan fingerprint density at radius 1 is 1.19 bits per heavy atom. The van der Waals surface area contributed by atoms with Crippen molar-refractivity contribution in [2.45, 2.75) is 38.8 Å². The Hall–Kier alpha value is -0.660. The Bertz CT molecular complexity index is 476. The van der Waals surface area contributed by atoms with Gasteiger partial charge in [-0.15, -0.1) is 0 Å². The number of nitrogens with zero attached hydrogens (tertiary/aromatic N) is 2. The highest BCUT2D eigenvalue weighted by atomic mass is 32.2. The van der Waals surface area contributed by atoms with Gasteiger partial charge in [0.1, 0.15) is 0 Å². The summed E-state index contributed by atoms with van der Waals surface area (Å²) in [6, 6.07) is -0.225. The summed E-state index contributed by atoms with van der Waals surface area (Å²) < 4.78 is 23.2. The maximum absolute atomic E-state index is 12.3. The maximum Gasteiger partial charge on any atom is 0.224 e. The predicted molar refractivity (Wildman–Crippen MR) is 83.0 cm³/mol. The zero-order chi connectivity index (χ0) is 15.7. The molecule has 2 rings (SSSR count). The third-order valence-corrected chi connectivity index (χ3v) is 6.04. The topological polar surface area (TPSA) is 69.7 Å². The van der Waals surface area contributed by atoms with Gasteiger partial charge in [0, 0.05) is 50.7 Å². The van der Waals surface area contributed by atoms with E-state index in [1.54, 1.807) is 0 Å². The van der Waals surface area contributed by atoms with Gasteiger partial charge < -0.3 is 10.2 Å². The van der Waals surface area contributed by atoms with Crippen LogP contribution < -0.4 is 5.32 Å². The van der Waals surface area contributed by atoms with E-state index < -0.39 is 9.84 Å². The van der Waals surface area contributed by atoms with Gasteiger partial charge in [-0.05, 0) is 20.8 Å². The molecule has 6 nitrogen and oxygen atoms in total. The van der Waals surface area contributed by atoms with Gasteiger partial charge in [-0.1, -0.05) is 0 Å². The van der Waals surface area contributed by atoms with Crippen LogP contribution in [0.2, 0.25) is 0 Å². The molecular weight excluding hydrogens is 290 g/mol. The zero-order valence-electron chi connectivity index (χ0n) is 13.3. The first kappa shape index (κ1) is 16.7. The standard InChI is InChI=1S/C14H27N3O3S/c1-14(2,3)17-7-5-16(6-8-17)13(18)10-12-11-21(19,20)9-4-15-12/h12,15H,4-11H2,1-3H3. The molecule has 2 aliphatic heterocycles. The Morgan fingerprint density at radius 2 is 1.81 bits per heavy atom. The van der Waals surface area contributed by atoms with E-state index in [1.807, 2.05) is 4.90 Å². The summed E-state index contributed by atoms with van der Waals surface area (Å²) in [7, 11) is -2.98. The number of hydrogen-bond donors (Lipinski definition) is 1. The molecule has 2 fully saturated rings. The second-order valence-corrected chi connectivity index (χ2v) is 9.24. The summed E-state index contributed by atoms with van der Waals surface area (Å²) in [5, 5.41) is 3.14. The van der Waals surface area contributed by atoms with Gasteiger partial charge in [0.25, 0.3) is 0 Å². The predicted octanol–water partition coefficient (Wildman–Crippen LogP) is -0.294. The lowest BCUT2D eigenvalue weighted by Gasteiger charge is -2.42. The number of piperazine rings is 1. The van der Waals surface area contributed by atoms with E-state index in [0.29, 0.717) is 6.54 Å². The molecule has 0 aromatic heterocycles. The first-order valence-electron chi connectivity index (χ1n) is 7.64. The maximum atomic E-state index is 12.3. The zero-order valence-corrected chi connectivity index (χ0v) is 14.1. The number of rotatable bonds is 2. The minimum Gasteiger partial charge on any atom is -0.340 e. The van der Waals surface area contributed by atoms with Crippen LogP contribution in [0, 0.1) is 0 Å². The van der Waals surface area contributed by atoms with Crippen molar-refractivity contribution in [3.05, 3.63) is 0 Å². The van der Waals surface area contributed by atoms with Crippen molar-refractivity contribution in [2.75, 3.05) is 44.2 Å². The summed E-state index contributed by atoms with van der Waals surface area (Å²) in [6.45, 7) is 10.2. The van der Waals surface area contributed by atoms with E-state index in [-0.39, 0.29) is 35.4 Å². The first-order chi connectivity index (χ1) is 9.67. The Labute approximate surface area is 127 Å². The van der Waals surface area contributed by atoms with Crippen molar-refractivity contribution in [3.8, 4) is 0 Å². The van der Waals surface area contributed by atoms with E-state index in [1.165, 1.54) is 0 Å². The van der Waals surface area contributed by atoms with E-state index in [4.69, 9.17) is 0 Å². The number of hydrogen-bond acceptors (Lipinski definition) is 5. The molecule has 2 aliphatic rings. The molecule has 0 spiro atoms. The Kier molecular flexibility index (Phi) is 4.95. The smallest absolute Gasteiger partial charge is 0.224 e. The van der Waals surface area contributed by atoms with Gasteiger partial charge in [-0.2, -0.15) is 0 Å². The van der Waals surface area contributed by atoms with E-state index in [9.17, 15) is 13.2 Å². The highest BCUT2D eigenvalue weighted by molar-refractivity contribution is 7.91. The van der Waals surface area contributed by atoms with Gasteiger partial charge >= 0.3 is 0 Å². The molecule has 2 heterocycles. The minimum atomic E-state index is -2.98. The van der Waals surface area contributed by atoms with Crippen molar-refractivity contribution in [2.24, 2.45) is 0 Å². The number of sulfone groups is 1. The Balaban J connectivity index is 1.83. The van der Waals surface area contributed by atoms with Crippen LogP contribution in [-0.2, 0) is 14.6 Å². The van der Waals surface area contributed by atoms with Crippen LogP contribution in [-0.4, -0.2) is 79.9 Å². The van der Waals surface area contributed by atoms with E-state index in [2.05, 4.69) is 31.0 Å². The van der Waals surface area contributed by atoms with Gasteiger partial charge in [-0.25, -0.2) is 8.42 Å². The average molecular weight is 317 g/mol. The molecule has 0 bridgehead atoms. The van der Waals surface area contributed by atoms with Crippen molar-refractivity contribution in [1.82, 2.24) is 15.1 Å². The van der Waals surface area contributed by atoms with Crippen molar-refractivity contribution in [3.63, 3.8) is 0 Å². The number of carbonyl (C=O) groups is 1. The molecule has 1 unspecified atom stereocenters. The lowest BCUT2D eigenvalue weighted by molar-refractivity contribution is -0.134. The average Bonchev–Trinajstić information content (AvgIpc) is 2.36. The molecule has 1 N–H and O–H groups in total. The van der Waals surface area contributed by atoms with Gasteiger partial charge in [0.15, 0.2) is 9.84 Å². The first-order valence-corrected chi connectivity index (χ1v) is 9.46. The second-order valence-electron chi connectivity index (χ2n) is 7.01. The molecule has 0 saturated carbocycles. The monoisotopic (exact) mass is 317 g/mol. The fourth-order valence-electron chi connectivity index (χ4n) is 2.96. The van der Waals surface area contributed by atoms with Crippen LogP contribution in [0.15, 0.2) is 0 Å². The summed E-state index contributed by atoms with van der Waals surface area (Å²) in [4.78, 5) is 16.5. The Morgan fingerprint density at radius 3 is 2.33 bits per heavy atom. The molecule has 21 heavy (non-hydrogen) atoms. The summed E-state index contributed by atoms with van der Waals surface area (Å²) in [5.41, 5.74) is 0.133. The van der Waals surface area contributed by atoms with Gasteiger partial charge in [0.05, 0.1) is 11.5 Å². The fraction of sp³-hybridized carbons (Fsp3) is 0.929. The van der Waals surface area contributed by atoms with Crippen molar-refractivity contribution >= 4 is 15.7 Å². The highest BCUT2D eigenvalue weighted by Gasteiger charge is 2.31. The van der Waals surface area contributed by atoms with Crippen LogP contribution >= 0.6 is 0 Å². The van der Waals surface area contributed by atoms with Crippen LogP contribution in [0.3, 0.4) is 0 Å². The molecule has 1 amide bonds. The molecule has 7 heteroatoms. The molecule has 0 aromatic carbocycles. The quantitative estimate of drug-likeness (QED) is 0.758. The third kappa shape index (κ3) is 4.66. The van der Waals surface area contributed by atoms with Crippen LogP contribution in [0.1, 0.15) is 27.2 Å². The van der Waals surface area contributed by atoms with Crippen LogP contribution in [0.25, 0.3) is 0 Å². The molecule has 0 radical (unpaired) electrons. The second kappa shape index (κ2) is 6.22. The molecule has 0 aliphatic carbocycles. The van der Waals surface area contributed by atoms with Crippen LogP contribution in [0.5, 0.6) is 0 Å². The lowest BCUT2D eigenvalue weighted by Crippen LogP contribution is -2.55.